The van der Waals surface area contributed by atoms with E-state index in [1.54, 1.807) is 27.7 Å². The number of carbonyl (C=O) groups excluding carboxylic acids is 4. The van der Waals surface area contributed by atoms with Crippen LogP contribution in [0.15, 0.2) is 53.4 Å². The van der Waals surface area contributed by atoms with Crippen LogP contribution < -0.4 is 10.2 Å². The van der Waals surface area contributed by atoms with Crippen LogP contribution in [0.3, 0.4) is 0 Å². The summed E-state index contributed by atoms with van der Waals surface area (Å²) < 4.78 is 33.4. The first-order valence-electron chi connectivity index (χ1n) is 11.3. The molecule has 0 spiro atoms. The Kier molecular flexibility index (Phi) is 7.65. The molecule has 0 aromatic heterocycles. The molecule has 3 amide bonds. The van der Waals surface area contributed by atoms with Gasteiger partial charge in [0.15, 0.2) is 0 Å². The van der Waals surface area contributed by atoms with E-state index in [1.807, 2.05) is 0 Å². The minimum Gasteiger partial charge on any atom is -0.462 e. The topological polar surface area (TPSA) is 130 Å². The summed E-state index contributed by atoms with van der Waals surface area (Å²) in [5.41, 5.74) is -0.128. The van der Waals surface area contributed by atoms with Gasteiger partial charge >= 0.3 is 5.97 Å². The maximum atomic E-state index is 13.7. The van der Waals surface area contributed by atoms with E-state index < -0.39 is 39.4 Å². The highest BCUT2D eigenvalue weighted by atomic mass is 32.2. The number of hydrogen-bond acceptors (Lipinski definition) is 7. The number of nitrogens with zero attached hydrogens (tertiary/aromatic N) is 2. The Morgan fingerprint density at radius 1 is 1.06 bits per heavy atom. The summed E-state index contributed by atoms with van der Waals surface area (Å²) in [6, 6.07) is 10.1. The molecular formula is C25H29N3O7S. The lowest BCUT2D eigenvalue weighted by molar-refractivity contribution is -0.122. The number of ether oxygens (including phenoxy) is 1. The molecule has 36 heavy (non-hydrogen) atoms. The summed E-state index contributed by atoms with van der Waals surface area (Å²) in [5, 5.41) is 2.57. The maximum Gasteiger partial charge on any atom is 0.338 e. The average Bonchev–Trinajstić information content (AvgIpc) is 3.06. The Balaban J connectivity index is 1.94. The van der Waals surface area contributed by atoms with Gasteiger partial charge in [-0.1, -0.05) is 0 Å². The second-order valence-electron chi connectivity index (χ2n) is 9.23. The predicted molar refractivity (Wildman–Crippen MR) is 133 cm³/mol. The number of carbonyl (C=O) groups is 4. The first kappa shape index (κ1) is 27.0. The van der Waals surface area contributed by atoms with E-state index in [-0.39, 0.29) is 35.1 Å². The first-order chi connectivity index (χ1) is 16.8. The van der Waals surface area contributed by atoms with E-state index in [0.717, 1.165) is 9.21 Å². The highest BCUT2D eigenvalue weighted by Crippen LogP contribution is 2.34. The highest BCUT2D eigenvalue weighted by Gasteiger charge is 2.50. The lowest BCUT2D eigenvalue weighted by Gasteiger charge is -2.37. The Bertz CT molecular complexity index is 1280. The predicted octanol–water partition coefficient (Wildman–Crippen LogP) is 2.94. The number of anilines is 2. The average molecular weight is 516 g/mol. The van der Waals surface area contributed by atoms with Crippen LogP contribution in [0.2, 0.25) is 0 Å². The van der Waals surface area contributed by atoms with Crippen LogP contribution in [0.1, 0.15) is 51.4 Å². The van der Waals surface area contributed by atoms with Crippen molar-refractivity contribution >= 4 is 45.1 Å². The number of sulfonamides is 1. The van der Waals surface area contributed by atoms with Gasteiger partial charge in [0.2, 0.25) is 21.8 Å². The molecule has 0 bridgehead atoms. The van der Waals surface area contributed by atoms with Crippen molar-refractivity contribution in [1.82, 2.24) is 4.31 Å². The number of nitrogens with one attached hydrogen (secondary N) is 1. The van der Waals surface area contributed by atoms with Crippen molar-refractivity contribution in [1.29, 1.82) is 0 Å². The third-order valence-electron chi connectivity index (χ3n) is 5.44. The Morgan fingerprint density at radius 3 is 2.14 bits per heavy atom. The van der Waals surface area contributed by atoms with Gasteiger partial charge in [-0.05, 0) is 76.2 Å². The molecule has 192 valence electrons. The normalized spacial score (nSPS) is 16.4. The van der Waals surface area contributed by atoms with Gasteiger partial charge < -0.3 is 10.1 Å². The quantitative estimate of drug-likeness (QED) is 0.443. The molecule has 0 saturated carbocycles. The molecule has 1 fully saturated rings. The summed E-state index contributed by atoms with van der Waals surface area (Å²) in [6.07, 6.45) is -0.334. The van der Waals surface area contributed by atoms with E-state index >= 15 is 0 Å². The van der Waals surface area contributed by atoms with Gasteiger partial charge in [-0.3, -0.25) is 14.4 Å². The fraction of sp³-hybridized carbons (Fsp3) is 0.360. The minimum atomic E-state index is -4.21. The molecule has 1 atom stereocenters. The second-order valence-corrected chi connectivity index (χ2v) is 11.0. The van der Waals surface area contributed by atoms with Gasteiger partial charge in [-0.2, -0.15) is 4.31 Å². The third kappa shape index (κ3) is 5.47. The summed E-state index contributed by atoms with van der Waals surface area (Å²) >= 11 is 0. The summed E-state index contributed by atoms with van der Waals surface area (Å²) in [6.45, 7) is 8.16. The van der Waals surface area contributed by atoms with Crippen LogP contribution >= 0.6 is 0 Å². The van der Waals surface area contributed by atoms with Crippen molar-refractivity contribution in [3.63, 3.8) is 0 Å². The van der Waals surface area contributed by atoms with E-state index in [4.69, 9.17) is 4.74 Å². The fourth-order valence-corrected chi connectivity index (χ4v) is 5.98. The molecule has 2 aromatic carbocycles. The molecule has 0 aliphatic carbocycles. The van der Waals surface area contributed by atoms with Crippen LogP contribution in [-0.2, 0) is 29.1 Å². The molecule has 1 saturated heterocycles. The van der Waals surface area contributed by atoms with Crippen LogP contribution in [0.5, 0.6) is 0 Å². The maximum absolute atomic E-state index is 13.7. The zero-order valence-electron chi connectivity index (χ0n) is 20.8. The molecule has 10 nitrogen and oxygen atoms in total. The monoisotopic (exact) mass is 515 g/mol. The Hall–Kier alpha value is -3.57. The molecule has 11 heteroatoms. The van der Waals surface area contributed by atoms with Crippen LogP contribution in [0.4, 0.5) is 11.4 Å². The van der Waals surface area contributed by atoms with Gasteiger partial charge in [0, 0.05) is 18.2 Å². The zero-order chi connectivity index (χ0) is 26.8. The van der Waals surface area contributed by atoms with E-state index in [1.165, 1.54) is 55.5 Å². The van der Waals surface area contributed by atoms with E-state index in [0.29, 0.717) is 5.69 Å². The SMILES string of the molecule is CCOC(=O)c1ccc(N2C(=O)CC(N(C(C)(C)C)S(=O)(=O)c3ccc(NC(C)=O)cc3)C2=O)cc1. The number of benzene rings is 2. The van der Waals surface area contributed by atoms with Gasteiger partial charge in [-0.15, -0.1) is 0 Å². The number of rotatable bonds is 7. The molecule has 3 rings (SSSR count). The molecule has 0 radical (unpaired) electrons. The number of hydrogen-bond donors (Lipinski definition) is 1. The van der Waals surface area contributed by atoms with Crippen LogP contribution in [0.25, 0.3) is 0 Å². The summed E-state index contributed by atoms with van der Waals surface area (Å²) in [7, 11) is -4.21. The van der Waals surface area contributed by atoms with Crippen molar-refractivity contribution in [2.75, 3.05) is 16.8 Å². The largest absolute Gasteiger partial charge is 0.462 e. The lowest BCUT2D eigenvalue weighted by Crippen LogP contribution is -2.54. The van der Waals surface area contributed by atoms with Crippen molar-refractivity contribution in [3.05, 3.63) is 54.1 Å². The number of imide groups is 1. The smallest absolute Gasteiger partial charge is 0.338 e. The Morgan fingerprint density at radius 2 is 1.64 bits per heavy atom. The van der Waals surface area contributed by atoms with Crippen molar-refractivity contribution in [2.24, 2.45) is 0 Å². The van der Waals surface area contributed by atoms with Crippen LogP contribution in [-0.4, -0.2) is 54.6 Å². The summed E-state index contributed by atoms with van der Waals surface area (Å²) in [4.78, 5) is 50.4. The van der Waals surface area contributed by atoms with Gasteiger partial charge in [0.05, 0.1) is 29.2 Å². The molecule has 1 aliphatic heterocycles. The highest BCUT2D eigenvalue weighted by molar-refractivity contribution is 7.89. The second kappa shape index (κ2) is 10.2. The molecule has 1 unspecified atom stereocenters. The molecule has 1 aliphatic rings. The minimum absolute atomic E-state index is 0.0796. The van der Waals surface area contributed by atoms with Crippen molar-refractivity contribution < 1.29 is 32.3 Å². The number of amides is 3. The number of esters is 1. The van der Waals surface area contributed by atoms with E-state index in [2.05, 4.69) is 5.32 Å². The Labute approximate surface area is 210 Å². The van der Waals surface area contributed by atoms with Gasteiger partial charge in [0.1, 0.15) is 6.04 Å². The molecular weight excluding hydrogens is 486 g/mol. The lowest BCUT2D eigenvalue weighted by atomic mass is 10.1. The van der Waals surface area contributed by atoms with Crippen LogP contribution in [0, 0.1) is 0 Å². The summed E-state index contributed by atoms with van der Waals surface area (Å²) in [5.74, 6) is -2.07. The van der Waals surface area contributed by atoms with Crippen molar-refractivity contribution in [3.8, 4) is 0 Å². The molecule has 2 aromatic rings. The van der Waals surface area contributed by atoms with E-state index in [9.17, 15) is 27.6 Å². The first-order valence-corrected chi connectivity index (χ1v) is 12.8. The fourth-order valence-electron chi connectivity index (χ4n) is 4.05. The van der Waals surface area contributed by atoms with Crippen molar-refractivity contribution in [2.45, 2.75) is 57.5 Å². The van der Waals surface area contributed by atoms with Gasteiger partial charge in [-0.25, -0.2) is 18.1 Å². The molecule has 1 N–H and O–H groups in total. The van der Waals surface area contributed by atoms with Gasteiger partial charge in [0.25, 0.3) is 5.91 Å². The standard InChI is InChI=1S/C25H29N3O7S/c1-6-35-24(32)17-7-11-19(12-8-17)27-22(30)15-21(23(27)31)28(25(3,4)5)36(33,34)20-13-9-18(10-14-20)26-16(2)29/h7-14,21H,6,15H2,1-5H3,(H,26,29). The molecule has 1 heterocycles. The third-order valence-corrected chi connectivity index (χ3v) is 7.62. The zero-order valence-corrected chi connectivity index (χ0v) is 21.6.